The summed E-state index contributed by atoms with van der Waals surface area (Å²) in [6, 6.07) is 19.9. The van der Waals surface area contributed by atoms with Gasteiger partial charge in [-0.25, -0.2) is 9.50 Å². The van der Waals surface area contributed by atoms with Crippen molar-refractivity contribution in [2.24, 2.45) is 0 Å². The van der Waals surface area contributed by atoms with Crippen molar-refractivity contribution in [1.29, 1.82) is 0 Å². The molecule has 1 aliphatic heterocycles. The van der Waals surface area contributed by atoms with Gasteiger partial charge in [0.15, 0.2) is 5.65 Å². The van der Waals surface area contributed by atoms with E-state index in [1.54, 1.807) is 4.52 Å². The van der Waals surface area contributed by atoms with E-state index in [1.807, 2.05) is 56.3 Å². The molecule has 0 saturated heterocycles. The number of halogens is 1. The van der Waals surface area contributed by atoms with E-state index in [0.717, 1.165) is 28.9 Å². The summed E-state index contributed by atoms with van der Waals surface area (Å²) in [5.41, 5.74) is 6.81. The zero-order chi connectivity index (χ0) is 22.9. The number of aromatic nitrogens is 3. The number of carbonyl (C=O) groups is 1. The quantitative estimate of drug-likeness (QED) is 0.315. The first-order chi connectivity index (χ1) is 16.0. The average molecular weight is 461 g/mol. The second-order valence-electron chi connectivity index (χ2n) is 8.49. The first-order valence-electron chi connectivity index (χ1n) is 11.0. The molecular weight excluding hydrogens is 436 g/mol. The fourth-order valence-corrected chi connectivity index (χ4v) is 4.59. The average Bonchev–Trinajstić information content (AvgIpc) is 3.25. The molecule has 0 radical (unpaired) electrons. The highest BCUT2D eigenvalue weighted by atomic mass is 35.5. The summed E-state index contributed by atoms with van der Waals surface area (Å²) in [5.74, 6) is -0.255. The van der Waals surface area contributed by atoms with Gasteiger partial charge in [-0.2, -0.15) is 5.10 Å². The smallest absolute Gasteiger partial charge is 0.320 e. The van der Waals surface area contributed by atoms with Crippen LogP contribution in [0.4, 0.5) is 0 Å². The van der Waals surface area contributed by atoms with Crippen LogP contribution in [0.15, 0.2) is 60.7 Å². The highest BCUT2D eigenvalue weighted by Crippen LogP contribution is 2.33. The van der Waals surface area contributed by atoms with Crippen molar-refractivity contribution in [3.8, 4) is 0 Å². The second-order valence-corrected chi connectivity index (χ2v) is 8.85. The summed E-state index contributed by atoms with van der Waals surface area (Å²) in [6.45, 7) is 4.98. The molecule has 2 aromatic carbocycles. The lowest BCUT2D eigenvalue weighted by atomic mass is 9.92. The number of benzene rings is 2. The van der Waals surface area contributed by atoms with Crippen LogP contribution in [-0.4, -0.2) is 32.0 Å². The summed E-state index contributed by atoms with van der Waals surface area (Å²) >= 11 is 6.56. The van der Waals surface area contributed by atoms with E-state index in [9.17, 15) is 4.79 Å². The number of aryl methyl sites for hydroxylation is 1. The van der Waals surface area contributed by atoms with Crippen LogP contribution in [0.2, 0.25) is 5.15 Å². The Kier molecular flexibility index (Phi) is 5.87. The first-order valence-corrected chi connectivity index (χ1v) is 11.4. The molecule has 33 heavy (non-hydrogen) atoms. The van der Waals surface area contributed by atoms with Crippen LogP contribution in [-0.2, 0) is 29.1 Å². The van der Waals surface area contributed by atoms with Gasteiger partial charge >= 0.3 is 5.97 Å². The van der Waals surface area contributed by atoms with Gasteiger partial charge in [0, 0.05) is 23.9 Å². The predicted octanol–water partition coefficient (Wildman–Crippen LogP) is 4.84. The van der Waals surface area contributed by atoms with Gasteiger partial charge in [-0.1, -0.05) is 66.2 Å². The van der Waals surface area contributed by atoms with Crippen molar-refractivity contribution in [2.45, 2.75) is 39.5 Å². The summed E-state index contributed by atoms with van der Waals surface area (Å²) < 4.78 is 7.26. The van der Waals surface area contributed by atoms with E-state index in [4.69, 9.17) is 21.4 Å². The van der Waals surface area contributed by atoms with Crippen LogP contribution in [0.3, 0.4) is 0 Å². The van der Waals surface area contributed by atoms with Crippen molar-refractivity contribution in [3.05, 3.63) is 99.5 Å². The molecule has 0 aliphatic carbocycles. The van der Waals surface area contributed by atoms with Crippen LogP contribution < -0.4 is 0 Å². The maximum atomic E-state index is 12.8. The van der Waals surface area contributed by atoms with Crippen molar-refractivity contribution < 1.29 is 9.53 Å². The predicted molar refractivity (Wildman–Crippen MR) is 127 cm³/mol. The van der Waals surface area contributed by atoms with Gasteiger partial charge in [-0.3, -0.25) is 9.69 Å². The SMILES string of the molecule is Cc1nc2cc([C@@H]3Cc4ccccc4CN3CC(=O)OCc3ccccc3)nn2c(Cl)c1C. The molecule has 3 heterocycles. The van der Waals surface area contributed by atoms with Gasteiger partial charge in [-0.15, -0.1) is 0 Å². The topological polar surface area (TPSA) is 59.7 Å². The van der Waals surface area contributed by atoms with Gasteiger partial charge in [0.1, 0.15) is 11.8 Å². The Morgan fingerprint density at radius 2 is 1.82 bits per heavy atom. The minimum atomic E-state index is -0.255. The number of hydrogen-bond donors (Lipinski definition) is 0. The number of esters is 1. The molecule has 4 aromatic rings. The Morgan fingerprint density at radius 3 is 2.61 bits per heavy atom. The zero-order valence-electron chi connectivity index (χ0n) is 18.7. The second kappa shape index (κ2) is 8.96. The lowest BCUT2D eigenvalue weighted by Gasteiger charge is -2.35. The lowest BCUT2D eigenvalue weighted by molar-refractivity contribution is -0.147. The molecule has 0 unspecified atom stereocenters. The van der Waals surface area contributed by atoms with E-state index < -0.39 is 0 Å². The number of carbonyl (C=O) groups excluding carboxylic acids is 1. The van der Waals surface area contributed by atoms with Crippen molar-refractivity contribution in [3.63, 3.8) is 0 Å². The molecule has 2 aromatic heterocycles. The molecule has 5 rings (SSSR count). The molecular formula is C26H25ClN4O2. The Labute approximate surface area is 197 Å². The van der Waals surface area contributed by atoms with Gasteiger partial charge in [0.05, 0.1) is 18.3 Å². The molecule has 168 valence electrons. The van der Waals surface area contributed by atoms with Crippen LogP contribution in [0, 0.1) is 13.8 Å². The number of hydrogen-bond acceptors (Lipinski definition) is 5. The minimum absolute atomic E-state index is 0.0810. The van der Waals surface area contributed by atoms with Crippen LogP contribution in [0.25, 0.3) is 5.65 Å². The van der Waals surface area contributed by atoms with Crippen molar-refractivity contribution in [1.82, 2.24) is 19.5 Å². The van der Waals surface area contributed by atoms with Crippen LogP contribution in [0.5, 0.6) is 0 Å². The molecule has 0 fully saturated rings. The maximum Gasteiger partial charge on any atom is 0.320 e. The van der Waals surface area contributed by atoms with E-state index in [1.165, 1.54) is 11.1 Å². The van der Waals surface area contributed by atoms with Gasteiger partial charge < -0.3 is 4.74 Å². The Bertz CT molecular complexity index is 1320. The van der Waals surface area contributed by atoms with Crippen LogP contribution in [0.1, 0.15) is 39.7 Å². The van der Waals surface area contributed by atoms with Gasteiger partial charge in [0.2, 0.25) is 0 Å². The third-order valence-corrected chi connectivity index (χ3v) is 6.74. The third-order valence-electron chi connectivity index (χ3n) is 6.29. The molecule has 0 saturated carbocycles. The molecule has 1 aliphatic rings. The minimum Gasteiger partial charge on any atom is -0.460 e. The molecule has 7 heteroatoms. The summed E-state index contributed by atoms with van der Waals surface area (Å²) in [5, 5.41) is 5.35. The van der Waals surface area contributed by atoms with Crippen molar-refractivity contribution in [2.75, 3.05) is 6.54 Å². The molecule has 0 spiro atoms. The fourth-order valence-electron chi connectivity index (χ4n) is 4.32. The highest BCUT2D eigenvalue weighted by molar-refractivity contribution is 6.30. The standard InChI is InChI=1S/C26H25ClN4O2/c1-17-18(2)28-24-13-22(29-31(24)26(17)27)23-12-20-10-6-7-11-21(20)14-30(23)15-25(32)33-16-19-8-4-3-5-9-19/h3-11,13,23H,12,14-16H2,1-2H3/t23-/m0/s1. The molecule has 1 atom stereocenters. The number of rotatable bonds is 5. The monoisotopic (exact) mass is 460 g/mol. The molecule has 0 amide bonds. The Hall–Kier alpha value is -3.22. The summed E-state index contributed by atoms with van der Waals surface area (Å²) in [4.78, 5) is 19.5. The summed E-state index contributed by atoms with van der Waals surface area (Å²) in [6.07, 6.45) is 0.752. The largest absolute Gasteiger partial charge is 0.460 e. The normalized spacial score (nSPS) is 16.0. The first kappa shape index (κ1) is 21.6. The van der Waals surface area contributed by atoms with Gasteiger partial charge in [-0.05, 0) is 37.0 Å². The third kappa shape index (κ3) is 4.36. The fraction of sp³-hybridized carbons (Fsp3) is 0.269. The number of fused-ring (bicyclic) bond motifs is 2. The number of nitrogens with zero attached hydrogens (tertiary/aromatic N) is 4. The Morgan fingerprint density at radius 1 is 1.09 bits per heavy atom. The zero-order valence-corrected chi connectivity index (χ0v) is 19.4. The van der Waals surface area contributed by atoms with E-state index in [0.29, 0.717) is 17.3 Å². The highest BCUT2D eigenvalue weighted by Gasteiger charge is 2.31. The van der Waals surface area contributed by atoms with Crippen LogP contribution >= 0.6 is 11.6 Å². The maximum absolute atomic E-state index is 12.8. The molecule has 6 nitrogen and oxygen atoms in total. The molecule has 0 bridgehead atoms. The van der Waals surface area contributed by atoms with E-state index in [2.05, 4.69) is 28.1 Å². The number of ether oxygens (including phenoxy) is 1. The van der Waals surface area contributed by atoms with Gasteiger partial charge in [0.25, 0.3) is 0 Å². The lowest BCUT2D eigenvalue weighted by Crippen LogP contribution is -2.38. The Balaban J connectivity index is 1.43. The van der Waals surface area contributed by atoms with Crippen molar-refractivity contribution >= 4 is 23.2 Å². The summed E-state index contributed by atoms with van der Waals surface area (Å²) in [7, 11) is 0. The van der Waals surface area contributed by atoms with E-state index >= 15 is 0 Å². The van der Waals surface area contributed by atoms with E-state index in [-0.39, 0.29) is 25.2 Å². The molecule has 0 N–H and O–H groups in total.